The molecule has 0 aliphatic heterocycles. The van der Waals surface area contributed by atoms with E-state index in [0.29, 0.717) is 10.6 Å². The third-order valence-corrected chi connectivity index (χ3v) is 3.86. The van der Waals surface area contributed by atoms with Gasteiger partial charge >= 0.3 is 0 Å². The van der Waals surface area contributed by atoms with Crippen LogP contribution in [0.3, 0.4) is 0 Å². The second-order valence-electron chi connectivity index (χ2n) is 5.32. The molecule has 1 aromatic heterocycles. The molecule has 1 unspecified atom stereocenters. The first-order valence-corrected chi connectivity index (χ1v) is 7.44. The lowest BCUT2D eigenvalue weighted by Gasteiger charge is -2.12. The summed E-state index contributed by atoms with van der Waals surface area (Å²) in [6, 6.07) is 12.8. The van der Waals surface area contributed by atoms with Crippen LogP contribution in [0.5, 0.6) is 0 Å². The molecule has 0 spiro atoms. The van der Waals surface area contributed by atoms with Crippen molar-refractivity contribution in [2.75, 3.05) is 0 Å². The van der Waals surface area contributed by atoms with Crippen LogP contribution in [-0.2, 0) is 0 Å². The van der Waals surface area contributed by atoms with Gasteiger partial charge in [-0.3, -0.25) is 4.79 Å². The van der Waals surface area contributed by atoms with Gasteiger partial charge in [-0.05, 0) is 43.7 Å². The third-order valence-electron chi connectivity index (χ3n) is 3.53. The highest BCUT2D eigenvalue weighted by Gasteiger charge is 2.16. The smallest absolute Gasteiger partial charge is 0.253 e. The summed E-state index contributed by atoms with van der Waals surface area (Å²) < 4.78 is 0. The Morgan fingerprint density at radius 3 is 2.82 bits per heavy atom. The number of benzene rings is 2. The first-order chi connectivity index (χ1) is 10.5. The molecule has 5 heteroatoms. The van der Waals surface area contributed by atoms with Crippen LogP contribution in [0.25, 0.3) is 11.0 Å². The predicted octanol–water partition coefficient (Wildman–Crippen LogP) is 4.02. The number of hydrogen-bond donors (Lipinski definition) is 2. The molecule has 3 aromatic rings. The normalized spacial score (nSPS) is 12.3. The maximum absolute atomic E-state index is 12.3. The summed E-state index contributed by atoms with van der Waals surface area (Å²) >= 11 is 6.05. The summed E-state index contributed by atoms with van der Waals surface area (Å²) in [4.78, 5) is 20.0. The number of aryl methyl sites for hydroxylation is 1. The molecular formula is C17H16ClN3O. The molecule has 112 valence electrons. The standard InChI is InChI=1S/C17H16ClN3O/c1-10-7-8-14-15(9-10)21-16(20-14)11(2)19-17(22)12-5-3-4-6-13(12)18/h3-9,11H,1-2H3,(H,19,22)(H,20,21). The van der Waals surface area contributed by atoms with Gasteiger partial charge in [0.2, 0.25) is 0 Å². The number of imidazole rings is 1. The number of nitrogens with one attached hydrogen (secondary N) is 2. The van der Waals surface area contributed by atoms with E-state index >= 15 is 0 Å². The summed E-state index contributed by atoms with van der Waals surface area (Å²) in [7, 11) is 0. The number of hydrogen-bond acceptors (Lipinski definition) is 2. The molecule has 4 nitrogen and oxygen atoms in total. The van der Waals surface area contributed by atoms with E-state index in [2.05, 4.69) is 15.3 Å². The Balaban J connectivity index is 1.82. The number of aromatic amines is 1. The van der Waals surface area contributed by atoms with E-state index in [4.69, 9.17) is 11.6 Å². The van der Waals surface area contributed by atoms with Gasteiger partial charge in [-0.15, -0.1) is 0 Å². The van der Waals surface area contributed by atoms with Crippen molar-refractivity contribution >= 4 is 28.5 Å². The van der Waals surface area contributed by atoms with Crippen LogP contribution in [0.15, 0.2) is 42.5 Å². The molecular weight excluding hydrogens is 298 g/mol. The van der Waals surface area contributed by atoms with Gasteiger partial charge < -0.3 is 10.3 Å². The average molecular weight is 314 g/mol. The maximum atomic E-state index is 12.3. The van der Waals surface area contributed by atoms with Gasteiger partial charge in [0, 0.05) is 0 Å². The fourth-order valence-electron chi connectivity index (χ4n) is 2.34. The van der Waals surface area contributed by atoms with Crippen LogP contribution in [0, 0.1) is 6.92 Å². The lowest BCUT2D eigenvalue weighted by atomic mass is 10.2. The summed E-state index contributed by atoms with van der Waals surface area (Å²) in [5, 5.41) is 3.35. The Bertz CT molecular complexity index is 841. The van der Waals surface area contributed by atoms with Gasteiger partial charge in [0.05, 0.1) is 27.7 Å². The molecule has 1 atom stereocenters. The zero-order valence-electron chi connectivity index (χ0n) is 12.4. The van der Waals surface area contributed by atoms with Crippen molar-refractivity contribution in [1.29, 1.82) is 0 Å². The molecule has 1 heterocycles. The number of aromatic nitrogens is 2. The maximum Gasteiger partial charge on any atom is 0.253 e. The topological polar surface area (TPSA) is 57.8 Å². The van der Waals surface area contributed by atoms with Crippen LogP contribution in [-0.4, -0.2) is 15.9 Å². The minimum absolute atomic E-state index is 0.213. The van der Waals surface area contributed by atoms with Crippen molar-refractivity contribution in [1.82, 2.24) is 15.3 Å². The summed E-state index contributed by atoms with van der Waals surface area (Å²) in [6.45, 7) is 3.92. The molecule has 22 heavy (non-hydrogen) atoms. The monoisotopic (exact) mass is 313 g/mol. The third kappa shape index (κ3) is 2.83. The second-order valence-corrected chi connectivity index (χ2v) is 5.72. The number of carbonyl (C=O) groups is 1. The summed E-state index contributed by atoms with van der Waals surface area (Å²) in [5.74, 6) is 0.510. The lowest BCUT2D eigenvalue weighted by molar-refractivity contribution is 0.0938. The van der Waals surface area contributed by atoms with Gasteiger partial charge in [-0.25, -0.2) is 4.98 Å². The minimum Gasteiger partial charge on any atom is -0.342 e. The average Bonchev–Trinajstić information content (AvgIpc) is 2.90. The fourth-order valence-corrected chi connectivity index (χ4v) is 2.56. The van der Waals surface area contributed by atoms with Crippen LogP contribution in [0.1, 0.15) is 34.7 Å². The molecule has 0 saturated heterocycles. The van der Waals surface area contributed by atoms with Gasteiger partial charge in [-0.2, -0.15) is 0 Å². The second kappa shape index (κ2) is 5.81. The first-order valence-electron chi connectivity index (χ1n) is 7.06. The molecule has 3 rings (SSSR count). The summed E-state index contributed by atoms with van der Waals surface area (Å²) in [6.07, 6.45) is 0. The zero-order chi connectivity index (χ0) is 15.7. The highest BCUT2D eigenvalue weighted by atomic mass is 35.5. The zero-order valence-corrected chi connectivity index (χ0v) is 13.1. The fraction of sp³-hybridized carbons (Fsp3) is 0.176. The molecule has 0 radical (unpaired) electrons. The molecule has 2 N–H and O–H groups in total. The highest BCUT2D eigenvalue weighted by Crippen LogP contribution is 2.19. The van der Waals surface area contributed by atoms with E-state index in [1.807, 2.05) is 32.0 Å². The van der Waals surface area contributed by atoms with Gasteiger partial charge in [0.15, 0.2) is 0 Å². The van der Waals surface area contributed by atoms with Crippen LogP contribution in [0.2, 0.25) is 5.02 Å². The van der Waals surface area contributed by atoms with E-state index in [1.54, 1.807) is 24.3 Å². The van der Waals surface area contributed by atoms with Crippen molar-refractivity contribution in [3.8, 4) is 0 Å². The van der Waals surface area contributed by atoms with Crippen LogP contribution >= 0.6 is 11.6 Å². The van der Waals surface area contributed by atoms with Gasteiger partial charge in [0.1, 0.15) is 5.82 Å². The first kappa shape index (κ1) is 14.6. The van der Waals surface area contributed by atoms with Crippen LogP contribution < -0.4 is 5.32 Å². The molecule has 0 bridgehead atoms. The van der Waals surface area contributed by atoms with Crippen molar-refractivity contribution in [2.45, 2.75) is 19.9 Å². The predicted molar refractivity (Wildman–Crippen MR) is 88.2 cm³/mol. The van der Waals surface area contributed by atoms with E-state index in [0.717, 1.165) is 22.4 Å². The Labute approximate surface area is 133 Å². The van der Waals surface area contributed by atoms with E-state index in [1.165, 1.54) is 0 Å². The molecule has 0 aliphatic carbocycles. The van der Waals surface area contributed by atoms with Crippen molar-refractivity contribution in [3.63, 3.8) is 0 Å². The van der Waals surface area contributed by atoms with Crippen molar-refractivity contribution < 1.29 is 4.79 Å². The SMILES string of the molecule is Cc1ccc2nc(C(C)NC(=O)c3ccccc3Cl)[nH]c2c1. The molecule has 0 fully saturated rings. The van der Waals surface area contributed by atoms with E-state index < -0.39 is 0 Å². The number of rotatable bonds is 3. The summed E-state index contributed by atoms with van der Waals surface area (Å²) in [5.41, 5.74) is 3.48. The molecule has 2 aromatic carbocycles. The number of nitrogens with zero attached hydrogens (tertiary/aromatic N) is 1. The highest BCUT2D eigenvalue weighted by molar-refractivity contribution is 6.33. The van der Waals surface area contributed by atoms with E-state index in [-0.39, 0.29) is 11.9 Å². The quantitative estimate of drug-likeness (QED) is 0.767. The lowest BCUT2D eigenvalue weighted by Crippen LogP contribution is -2.27. The van der Waals surface area contributed by atoms with Gasteiger partial charge in [0.25, 0.3) is 5.91 Å². The number of fused-ring (bicyclic) bond motifs is 1. The molecule has 1 amide bonds. The molecule has 0 aliphatic rings. The van der Waals surface area contributed by atoms with Crippen LogP contribution in [0.4, 0.5) is 0 Å². The van der Waals surface area contributed by atoms with Crippen molar-refractivity contribution in [2.24, 2.45) is 0 Å². The molecule has 0 saturated carbocycles. The number of carbonyl (C=O) groups excluding carboxylic acids is 1. The Hall–Kier alpha value is -2.33. The van der Waals surface area contributed by atoms with Crippen molar-refractivity contribution in [3.05, 3.63) is 64.4 Å². The Morgan fingerprint density at radius 2 is 2.05 bits per heavy atom. The van der Waals surface area contributed by atoms with E-state index in [9.17, 15) is 4.79 Å². The number of H-pyrrole nitrogens is 1. The number of amides is 1. The minimum atomic E-state index is -0.239. The Morgan fingerprint density at radius 1 is 1.27 bits per heavy atom. The number of halogens is 1. The Kier molecular flexibility index (Phi) is 3.86. The largest absolute Gasteiger partial charge is 0.342 e. The van der Waals surface area contributed by atoms with Gasteiger partial charge in [-0.1, -0.05) is 29.8 Å².